The van der Waals surface area contributed by atoms with Crippen molar-refractivity contribution in [2.24, 2.45) is 0 Å². The minimum Gasteiger partial charge on any atom is -0.480 e. The van der Waals surface area contributed by atoms with Crippen LogP contribution in [0.2, 0.25) is 0 Å². The molecule has 0 aliphatic rings. The molecular formula is C22H31N3O6S2. The van der Waals surface area contributed by atoms with Gasteiger partial charge in [-0.2, -0.15) is 0 Å². The summed E-state index contributed by atoms with van der Waals surface area (Å²) in [5, 5.41) is 16.0. The van der Waals surface area contributed by atoms with Gasteiger partial charge in [-0.25, -0.2) is 9.59 Å². The monoisotopic (exact) mass is 497 g/mol. The van der Waals surface area contributed by atoms with E-state index in [-0.39, 0.29) is 11.6 Å². The quantitative estimate of drug-likeness (QED) is 0.291. The zero-order valence-corrected chi connectivity index (χ0v) is 20.9. The van der Waals surface area contributed by atoms with Crippen molar-refractivity contribution >= 4 is 51.2 Å². The van der Waals surface area contributed by atoms with Crippen molar-refractivity contribution in [1.29, 1.82) is 0 Å². The molecular weight excluding hydrogens is 466 g/mol. The number of H-pyrrole nitrogens is 1. The summed E-state index contributed by atoms with van der Waals surface area (Å²) >= 11 is 5.23. The average molecular weight is 498 g/mol. The van der Waals surface area contributed by atoms with Crippen LogP contribution in [0.1, 0.15) is 39.2 Å². The number of hydrogen-bond donors (Lipinski definition) is 4. The molecule has 33 heavy (non-hydrogen) atoms. The predicted molar refractivity (Wildman–Crippen MR) is 132 cm³/mol. The Balaban J connectivity index is 2.02. The van der Waals surface area contributed by atoms with Crippen molar-refractivity contribution in [3.05, 3.63) is 30.0 Å². The van der Waals surface area contributed by atoms with Crippen molar-refractivity contribution in [1.82, 2.24) is 15.6 Å². The van der Waals surface area contributed by atoms with Gasteiger partial charge < -0.3 is 30.2 Å². The van der Waals surface area contributed by atoms with Gasteiger partial charge in [-0.1, -0.05) is 0 Å². The smallest absolute Gasteiger partial charge is 0.408 e. The number of benzene rings is 1. The number of aliphatic carboxylic acids is 1. The molecule has 1 aromatic heterocycles. The molecule has 9 nitrogen and oxygen atoms in total. The molecule has 0 radical (unpaired) electrons. The number of alkyl carbamates (subject to hydrolysis) is 1. The third-order valence-electron chi connectivity index (χ3n) is 4.49. The van der Waals surface area contributed by atoms with Crippen molar-refractivity contribution in [3.8, 4) is 5.75 Å². The maximum atomic E-state index is 12.0. The van der Waals surface area contributed by atoms with E-state index in [0.29, 0.717) is 23.6 Å². The Kier molecular flexibility index (Phi) is 9.66. The Bertz CT molecular complexity index is 1020. The number of carbonyl (C=O) groups is 2. The predicted octanol–water partition coefficient (Wildman–Crippen LogP) is 3.10. The molecule has 11 heteroatoms. The van der Waals surface area contributed by atoms with E-state index < -0.39 is 34.5 Å². The van der Waals surface area contributed by atoms with Crippen LogP contribution in [0.3, 0.4) is 0 Å². The van der Waals surface area contributed by atoms with E-state index in [2.05, 4.69) is 15.6 Å². The molecule has 0 saturated carbocycles. The largest absolute Gasteiger partial charge is 0.480 e. The summed E-state index contributed by atoms with van der Waals surface area (Å²) in [6.07, 6.45) is 4.30. The van der Waals surface area contributed by atoms with E-state index in [4.69, 9.17) is 21.7 Å². The number of carboxylic acids is 1. The van der Waals surface area contributed by atoms with Gasteiger partial charge in [0, 0.05) is 52.9 Å². The number of carbonyl (C=O) groups excluding carboxylic acids is 1. The standard InChI is InChI=1S/C22H31N3O6S2/c1-22(2,3)31-20(28)25-18(19(26)27)11-14-13-24-17-8-7-15(12-16(14)17)30-21(32)23-9-5-6-10-33(4)29/h7-8,12-13,18,24H,5-6,9-11H2,1-4H3,(H,23,32)(H,25,28)(H,26,27). The number of aromatic amines is 1. The number of carboxylic acid groups (broad SMARTS) is 1. The molecule has 0 spiro atoms. The van der Waals surface area contributed by atoms with Gasteiger partial charge in [-0.3, -0.25) is 4.21 Å². The lowest BCUT2D eigenvalue weighted by molar-refractivity contribution is -0.139. The second-order valence-corrected chi connectivity index (χ2v) is 10.5. The summed E-state index contributed by atoms with van der Waals surface area (Å²) in [5.41, 5.74) is 0.761. The van der Waals surface area contributed by atoms with Crippen LogP contribution in [0.5, 0.6) is 5.75 Å². The van der Waals surface area contributed by atoms with Gasteiger partial charge in [0.2, 0.25) is 0 Å². The van der Waals surface area contributed by atoms with Crippen LogP contribution in [0.4, 0.5) is 4.79 Å². The lowest BCUT2D eigenvalue weighted by Crippen LogP contribution is -2.44. The number of thiocarbonyl (C=S) groups is 1. The molecule has 2 rings (SSSR count). The zero-order chi connectivity index (χ0) is 24.6. The second kappa shape index (κ2) is 12.0. The van der Waals surface area contributed by atoms with Crippen molar-refractivity contribution in [2.45, 2.75) is 51.7 Å². The Morgan fingerprint density at radius 1 is 1.27 bits per heavy atom. The first kappa shape index (κ1) is 26.6. The van der Waals surface area contributed by atoms with E-state index in [9.17, 15) is 18.9 Å². The number of aromatic nitrogens is 1. The first-order chi connectivity index (χ1) is 15.4. The maximum Gasteiger partial charge on any atom is 0.408 e. The van der Waals surface area contributed by atoms with Crippen molar-refractivity contribution in [3.63, 3.8) is 0 Å². The zero-order valence-electron chi connectivity index (χ0n) is 19.2. The fourth-order valence-corrected chi connectivity index (χ4v) is 3.83. The first-order valence-electron chi connectivity index (χ1n) is 10.5. The average Bonchev–Trinajstić information content (AvgIpc) is 3.07. The van der Waals surface area contributed by atoms with Crippen LogP contribution in [-0.4, -0.2) is 61.7 Å². The summed E-state index contributed by atoms with van der Waals surface area (Å²) < 4.78 is 21.9. The van der Waals surface area contributed by atoms with E-state index in [0.717, 1.165) is 23.7 Å². The maximum absolute atomic E-state index is 12.0. The van der Waals surface area contributed by atoms with Gasteiger partial charge in [0.1, 0.15) is 17.4 Å². The minimum absolute atomic E-state index is 0.0551. The topological polar surface area (TPSA) is 130 Å². The molecule has 1 aromatic carbocycles. The number of fused-ring (bicyclic) bond motifs is 1. The molecule has 4 N–H and O–H groups in total. The number of nitrogens with one attached hydrogen (secondary N) is 3. The van der Waals surface area contributed by atoms with Gasteiger partial charge in [0.15, 0.2) is 0 Å². The van der Waals surface area contributed by atoms with Crippen LogP contribution < -0.4 is 15.4 Å². The lowest BCUT2D eigenvalue weighted by atomic mass is 10.0. The fraction of sp³-hybridized carbons (Fsp3) is 0.500. The third-order valence-corrected chi connectivity index (χ3v) is 5.58. The normalized spacial score (nSPS) is 13.2. The SMILES string of the molecule is CS(=O)CCCCNC(=S)Oc1ccc2[nH]cc(CC(NC(=O)OC(C)(C)C)C(=O)O)c2c1. The van der Waals surface area contributed by atoms with Crippen LogP contribution in [0.25, 0.3) is 10.9 Å². The molecule has 182 valence electrons. The summed E-state index contributed by atoms with van der Waals surface area (Å²) in [6.45, 7) is 5.73. The van der Waals surface area contributed by atoms with Crippen LogP contribution in [0, 0.1) is 0 Å². The highest BCUT2D eigenvalue weighted by Crippen LogP contribution is 2.25. The first-order valence-corrected chi connectivity index (χ1v) is 12.7. The van der Waals surface area contributed by atoms with Gasteiger partial charge in [-0.15, -0.1) is 0 Å². The highest BCUT2D eigenvalue weighted by atomic mass is 32.2. The number of rotatable bonds is 10. The molecule has 0 bridgehead atoms. The highest BCUT2D eigenvalue weighted by molar-refractivity contribution is 7.84. The van der Waals surface area contributed by atoms with Crippen LogP contribution >= 0.6 is 12.2 Å². The molecule has 1 amide bonds. The Hall–Kier alpha value is -2.66. The number of amides is 1. The van der Waals surface area contributed by atoms with Gasteiger partial charge in [0.05, 0.1) is 0 Å². The lowest BCUT2D eigenvalue weighted by Gasteiger charge is -2.22. The second-order valence-electron chi connectivity index (χ2n) is 8.56. The minimum atomic E-state index is -1.17. The molecule has 2 aromatic rings. The van der Waals surface area contributed by atoms with Crippen molar-refractivity contribution in [2.75, 3.05) is 18.6 Å². The Labute approximate surface area is 201 Å². The molecule has 0 saturated heterocycles. The number of ether oxygens (including phenoxy) is 2. The fourth-order valence-electron chi connectivity index (χ4n) is 3.02. The van der Waals surface area contributed by atoms with Crippen molar-refractivity contribution < 1.29 is 28.4 Å². The van der Waals surface area contributed by atoms with Crippen LogP contribution in [-0.2, 0) is 26.8 Å². The summed E-state index contributed by atoms with van der Waals surface area (Å²) in [6, 6.07) is 4.17. The highest BCUT2D eigenvalue weighted by Gasteiger charge is 2.25. The molecule has 0 aliphatic heterocycles. The van der Waals surface area contributed by atoms with Crippen LogP contribution in [0.15, 0.2) is 24.4 Å². The number of hydrogen-bond acceptors (Lipinski definition) is 6. The third kappa shape index (κ3) is 9.39. The van der Waals surface area contributed by atoms with E-state index in [1.54, 1.807) is 45.4 Å². The van der Waals surface area contributed by atoms with Gasteiger partial charge in [0.25, 0.3) is 5.17 Å². The summed E-state index contributed by atoms with van der Waals surface area (Å²) in [5.74, 6) is -0.00934. The Morgan fingerprint density at radius 3 is 2.64 bits per heavy atom. The van der Waals surface area contributed by atoms with E-state index >= 15 is 0 Å². The molecule has 1 heterocycles. The number of unbranched alkanes of at least 4 members (excludes halogenated alkanes) is 1. The molecule has 0 aliphatic carbocycles. The molecule has 2 unspecified atom stereocenters. The van der Waals surface area contributed by atoms with E-state index in [1.165, 1.54) is 0 Å². The van der Waals surface area contributed by atoms with E-state index in [1.807, 2.05) is 6.07 Å². The summed E-state index contributed by atoms with van der Waals surface area (Å²) in [4.78, 5) is 26.8. The Morgan fingerprint density at radius 2 is 2.00 bits per heavy atom. The molecule has 2 atom stereocenters. The molecule has 0 fully saturated rings. The van der Waals surface area contributed by atoms with Gasteiger partial charge in [-0.05, 0) is 69.6 Å². The summed E-state index contributed by atoms with van der Waals surface area (Å²) in [7, 11) is -0.801. The van der Waals surface area contributed by atoms with Gasteiger partial charge >= 0.3 is 12.1 Å².